The summed E-state index contributed by atoms with van der Waals surface area (Å²) >= 11 is 5.53. The largest absolute Gasteiger partial charge is 1.00 e. The number of alkyl halides is 2. The molecule has 0 saturated heterocycles. The van der Waals surface area contributed by atoms with Gasteiger partial charge >= 0.3 is 29.6 Å². The number of para-hydroxylation sites is 2. The third-order valence-electron chi connectivity index (χ3n) is 7.68. The molecule has 2 nitrogen and oxygen atoms in total. The number of halogens is 2. The third kappa shape index (κ3) is 9.82. The van der Waals surface area contributed by atoms with Gasteiger partial charge in [-0.2, -0.15) is 0 Å². The van der Waals surface area contributed by atoms with Gasteiger partial charge in [-0.3, -0.25) is 4.39 Å². The van der Waals surface area contributed by atoms with Crippen molar-refractivity contribution in [1.82, 2.24) is 9.55 Å². The van der Waals surface area contributed by atoms with E-state index in [2.05, 4.69) is 149 Å². The van der Waals surface area contributed by atoms with Crippen LogP contribution in [-0.4, -0.2) is 16.7 Å². The Bertz CT molecular complexity index is 2060. The Hall–Kier alpha value is -4.38. The molecule has 8 rings (SSSR count). The number of H-pyrrole nitrogens is 1. The van der Waals surface area contributed by atoms with Crippen LogP contribution in [-0.2, 0) is 12.4 Å². The molecule has 0 aliphatic rings. The number of benzene rings is 6. The van der Waals surface area contributed by atoms with Crippen molar-refractivity contribution in [3.63, 3.8) is 0 Å². The van der Waals surface area contributed by atoms with E-state index in [9.17, 15) is 4.39 Å². The first kappa shape index (κ1) is 34.9. The van der Waals surface area contributed by atoms with Crippen LogP contribution in [0.3, 0.4) is 0 Å². The molecule has 48 heavy (non-hydrogen) atoms. The van der Waals surface area contributed by atoms with Gasteiger partial charge in [0, 0.05) is 45.6 Å². The van der Waals surface area contributed by atoms with Crippen LogP contribution in [0.1, 0.15) is 13.9 Å². The molecule has 0 atom stereocenters. The summed E-state index contributed by atoms with van der Waals surface area (Å²) in [6.07, 6.45) is 0. The molecular weight excluding hydrogens is 622 g/mol. The summed E-state index contributed by atoms with van der Waals surface area (Å²) < 4.78 is 17.9. The van der Waals surface area contributed by atoms with E-state index in [0.29, 0.717) is 5.88 Å². The Morgan fingerprint density at radius 2 is 1.08 bits per heavy atom. The first-order chi connectivity index (χ1) is 23.7. The smallest absolute Gasteiger partial charge is 1.00 e. The molecule has 0 amide bonds. The average Bonchev–Trinajstić information content (AvgIpc) is 3.76. The van der Waals surface area contributed by atoms with E-state index >= 15 is 0 Å². The minimum Gasteiger partial charge on any atom is -1.00 e. The Morgan fingerprint density at radius 3 is 1.65 bits per heavy atom. The number of aromatic nitrogens is 2. The van der Waals surface area contributed by atoms with E-state index in [4.69, 9.17) is 13.0 Å². The molecule has 2 aromatic heterocycles. The summed E-state index contributed by atoms with van der Waals surface area (Å²) in [4.78, 5) is 3.41. The Labute approximate surface area is 313 Å². The van der Waals surface area contributed by atoms with E-state index < -0.39 is 7.15 Å². The summed E-state index contributed by atoms with van der Waals surface area (Å²) in [6, 6.07) is 63.0. The van der Waals surface area contributed by atoms with Crippen LogP contribution in [0.4, 0.5) is 4.39 Å². The van der Waals surface area contributed by atoms with E-state index in [1.807, 2.05) is 42.5 Å². The summed E-state index contributed by atoms with van der Waals surface area (Å²) in [5.74, 6) is 0.612. The van der Waals surface area contributed by atoms with Crippen LogP contribution in [0.5, 0.6) is 0 Å². The Kier molecular flexibility index (Phi) is 14.2. The number of hydrogen-bond acceptors (Lipinski definition) is 0. The first-order valence-corrected chi connectivity index (χ1v) is 16.0. The van der Waals surface area contributed by atoms with Crippen molar-refractivity contribution in [2.45, 2.75) is 12.4 Å². The van der Waals surface area contributed by atoms with Gasteiger partial charge in [-0.15, -0.1) is 11.6 Å². The number of rotatable bonds is 5. The van der Waals surface area contributed by atoms with Gasteiger partial charge in [-0.1, -0.05) is 158 Å². The van der Waals surface area contributed by atoms with Crippen molar-refractivity contribution in [2.24, 2.45) is 0 Å². The first-order valence-electron chi connectivity index (χ1n) is 16.2. The van der Waals surface area contributed by atoms with Gasteiger partial charge in [0.05, 0.1) is 8.52 Å². The molecule has 0 saturated carbocycles. The molecule has 1 N–H and O–H groups in total. The van der Waals surface area contributed by atoms with Crippen LogP contribution in [0, 0.1) is 0 Å². The van der Waals surface area contributed by atoms with Crippen molar-refractivity contribution >= 4 is 33.4 Å². The van der Waals surface area contributed by atoms with Crippen molar-refractivity contribution in [2.75, 3.05) is 7.15 Å². The summed E-state index contributed by atoms with van der Waals surface area (Å²) in [5, 5.41) is 2.55. The summed E-state index contributed by atoms with van der Waals surface area (Å²) in [6.45, 7) is 0.887. The normalized spacial score (nSPS) is 10.2. The van der Waals surface area contributed by atoms with E-state index in [0.717, 1.165) is 6.54 Å². The molecule has 0 spiro atoms. The number of aromatic amines is 1. The van der Waals surface area contributed by atoms with Crippen molar-refractivity contribution < 1.29 is 36.7 Å². The number of fused-ring (bicyclic) bond motifs is 2. The van der Waals surface area contributed by atoms with Crippen LogP contribution >= 0.6 is 11.6 Å². The van der Waals surface area contributed by atoms with Gasteiger partial charge in [-0.05, 0) is 46.5 Å². The fraction of sp³-hybridized carbons (Fsp3) is 0.0698. The SMILES string of the molecule is ClCc1ccccc1.[2H]CF.[H-].[Na+].c1ccc(-c2cc3ccccc3[nH]2)cc1.c1ccc(Cn2c(-c3ccccc3)cc3ccccc32)cc1. The molecule has 6 aromatic carbocycles. The van der Waals surface area contributed by atoms with E-state index in [1.54, 1.807) is 0 Å². The topological polar surface area (TPSA) is 20.7 Å². The number of nitrogens with one attached hydrogen (secondary N) is 1. The van der Waals surface area contributed by atoms with Crippen LogP contribution in [0.25, 0.3) is 44.3 Å². The molecule has 236 valence electrons. The minimum atomic E-state index is -1.00. The van der Waals surface area contributed by atoms with E-state index in [-0.39, 0.29) is 31.0 Å². The zero-order valence-electron chi connectivity index (χ0n) is 29.1. The maximum absolute atomic E-state index is 9.96. The zero-order valence-corrected chi connectivity index (χ0v) is 29.9. The minimum absolute atomic E-state index is 0. The molecule has 0 bridgehead atoms. The molecule has 0 aliphatic heterocycles. The maximum atomic E-state index is 9.96. The maximum Gasteiger partial charge on any atom is 1.00 e. The van der Waals surface area contributed by atoms with Crippen molar-refractivity contribution in [3.05, 3.63) is 193 Å². The van der Waals surface area contributed by atoms with Gasteiger partial charge in [-0.25, -0.2) is 0 Å². The fourth-order valence-electron chi connectivity index (χ4n) is 5.41. The van der Waals surface area contributed by atoms with Gasteiger partial charge in [0.2, 0.25) is 0 Å². The molecule has 0 radical (unpaired) electrons. The zero-order chi connectivity index (χ0) is 33.4. The predicted octanol–water partition coefficient (Wildman–Crippen LogP) is 9.32. The molecule has 0 unspecified atom stereocenters. The Morgan fingerprint density at radius 1 is 0.604 bits per heavy atom. The van der Waals surface area contributed by atoms with Gasteiger partial charge in [0.1, 0.15) is 0 Å². The van der Waals surface area contributed by atoms with Gasteiger partial charge in [0.25, 0.3) is 0 Å². The summed E-state index contributed by atoms with van der Waals surface area (Å²) in [7, 11) is -1.00. The molecule has 8 aromatic rings. The average molecular weight is 662 g/mol. The quantitative estimate of drug-likeness (QED) is 0.140. The Balaban J connectivity index is 0.000000210. The molecule has 5 heteroatoms. The van der Waals surface area contributed by atoms with Crippen LogP contribution in [0.2, 0.25) is 0 Å². The summed E-state index contributed by atoms with van der Waals surface area (Å²) in [5.41, 5.74) is 9.91. The van der Waals surface area contributed by atoms with Crippen LogP contribution < -0.4 is 29.6 Å². The standard InChI is InChI=1S/C21H17N.C14H11N.C7H7Cl.CH3F.Na.H/c1-3-9-17(10-4-1)16-22-20-14-8-7-13-19(20)15-21(22)18-11-5-2-6-12-18;1-2-6-11(7-3-1)14-10-12-8-4-5-9-13(12)15-14;8-6-7-4-2-1-3-5-7;1-2;;/h1-15H,16H2;1-10,15H;1-5H,6H2;1H3;;/q;;;;+1;-1/i;;;1D;;. The number of nitrogens with zero attached hydrogens (tertiary/aromatic N) is 1. The predicted molar refractivity (Wildman–Crippen MR) is 201 cm³/mol. The second-order valence-electron chi connectivity index (χ2n) is 10.8. The second kappa shape index (κ2) is 19.4. The molecule has 2 heterocycles. The van der Waals surface area contributed by atoms with Crippen molar-refractivity contribution in [1.29, 1.82) is 0 Å². The fourth-order valence-corrected chi connectivity index (χ4v) is 5.59. The molecule has 0 aliphatic carbocycles. The monoisotopic (exact) mass is 661 g/mol. The molecule has 0 fully saturated rings. The van der Waals surface area contributed by atoms with Gasteiger partial charge in [0.15, 0.2) is 0 Å². The van der Waals surface area contributed by atoms with E-state index in [1.165, 1.54) is 55.4 Å². The number of hydrogen-bond donors (Lipinski definition) is 1. The second-order valence-corrected chi connectivity index (χ2v) is 11.0. The third-order valence-corrected chi connectivity index (χ3v) is 7.98. The van der Waals surface area contributed by atoms with Crippen LogP contribution in [0.15, 0.2) is 182 Å². The van der Waals surface area contributed by atoms with Gasteiger partial charge < -0.3 is 11.0 Å². The van der Waals surface area contributed by atoms with Crippen molar-refractivity contribution in [3.8, 4) is 22.5 Å². The molecular formula is C43H39ClFN2Na.